The predicted molar refractivity (Wildman–Crippen MR) is 74.3 cm³/mol. The summed E-state index contributed by atoms with van der Waals surface area (Å²) in [7, 11) is 1.87. The number of ether oxygens (including phenoxy) is 1. The van der Waals surface area contributed by atoms with Crippen molar-refractivity contribution in [1.82, 2.24) is 5.32 Å². The Morgan fingerprint density at radius 3 is 2.29 bits per heavy atom. The molecule has 1 N–H and O–H groups in total. The van der Waals surface area contributed by atoms with E-state index < -0.39 is 0 Å². The second kappa shape index (κ2) is 6.01. The summed E-state index contributed by atoms with van der Waals surface area (Å²) in [6, 6.07) is 0.408. The zero-order valence-corrected chi connectivity index (χ0v) is 12.0. The van der Waals surface area contributed by atoms with Crippen LogP contribution >= 0.6 is 0 Å². The fourth-order valence-electron chi connectivity index (χ4n) is 2.94. The van der Waals surface area contributed by atoms with Crippen LogP contribution in [0.1, 0.15) is 52.9 Å². The van der Waals surface area contributed by atoms with E-state index in [1.54, 1.807) is 0 Å². The normalized spacial score (nSPS) is 24.2. The molecule has 0 saturated heterocycles. The molecule has 0 bridgehead atoms. The Kier molecular flexibility index (Phi) is 5.21. The van der Waals surface area contributed by atoms with Crippen molar-refractivity contribution < 1.29 is 4.74 Å². The Labute approximate surface area is 107 Å². The van der Waals surface area contributed by atoms with Crippen LogP contribution in [0, 0.1) is 5.41 Å². The van der Waals surface area contributed by atoms with Crippen molar-refractivity contribution in [2.24, 2.45) is 5.41 Å². The molecule has 0 spiro atoms. The number of methoxy groups -OCH3 is 1. The number of likely N-dealkylation sites (N-methyl/N-ethyl adjacent to an activating group) is 1. The van der Waals surface area contributed by atoms with Crippen LogP contribution in [0.5, 0.6) is 0 Å². The first-order valence-corrected chi connectivity index (χ1v) is 6.89. The molecule has 1 aliphatic rings. The summed E-state index contributed by atoms with van der Waals surface area (Å²) in [6.07, 6.45) is 7.81. The van der Waals surface area contributed by atoms with Crippen molar-refractivity contribution >= 4 is 0 Å². The highest BCUT2D eigenvalue weighted by atomic mass is 16.5. The van der Waals surface area contributed by atoms with Gasteiger partial charge >= 0.3 is 0 Å². The molecular formula is C15H29NO. The Hall–Kier alpha value is -0.340. The molecule has 0 aliphatic heterocycles. The maximum Gasteiger partial charge on any atom is 0.0834 e. The lowest BCUT2D eigenvalue weighted by Crippen LogP contribution is -2.54. The molecule has 0 heterocycles. The first-order chi connectivity index (χ1) is 7.99. The van der Waals surface area contributed by atoms with Crippen molar-refractivity contribution in [2.45, 2.75) is 64.5 Å². The van der Waals surface area contributed by atoms with Crippen molar-refractivity contribution in [3.8, 4) is 0 Å². The van der Waals surface area contributed by atoms with Crippen molar-refractivity contribution in [2.75, 3.05) is 13.7 Å². The zero-order valence-electron chi connectivity index (χ0n) is 12.0. The molecule has 1 unspecified atom stereocenters. The molecular weight excluding hydrogens is 210 g/mol. The molecule has 0 amide bonds. The molecule has 2 heteroatoms. The molecule has 0 aromatic heterocycles. The van der Waals surface area contributed by atoms with Gasteiger partial charge < -0.3 is 10.1 Å². The monoisotopic (exact) mass is 239 g/mol. The molecule has 1 rings (SSSR count). The smallest absolute Gasteiger partial charge is 0.0834 e. The minimum Gasteiger partial charge on any atom is -0.377 e. The number of hydrogen-bond donors (Lipinski definition) is 1. The third-order valence-electron chi connectivity index (χ3n) is 4.34. The van der Waals surface area contributed by atoms with E-state index in [1.807, 2.05) is 13.2 Å². The lowest BCUT2D eigenvalue weighted by atomic mass is 9.68. The van der Waals surface area contributed by atoms with Gasteiger partial charge in [-0.25, -0.2) is 0 Å². The molecule has 1 fully saturated rings. The maximum absolute atomic E-state index is 5.93. The highest BCUT2D eigenvalue weighted by Crippen LogP contribution is 2.43. The summed E-state index contributed by atoms with van der Waals surface area (Å²) in [6.45, 7) is 11.8. The van der Waals surface area contributed by atoms with Gasteiger partial charge in [-0.15, -0.1) is 6.58 Å². The Bertz CT molecular complexity index is 237. The SMILES string of the molecule is C=CCC(NCC)C1(OC)CCC(C)(C)CC1. The first kappa shape index (κ1) is 14.7. The van der Waals surface area contributed by atoms with Crippen LogP contribution in [0.3, 0.4) is 0 Å². The molecule has 0 radical (unpaired) electrons. The topological polar surface area (TPSA) is 21.3 Å². The first-order valence-electron chi connectivity index (χ1n) is 6.89. The summed E-state index contributed by atoms with van der Waals surface area (Å²) in [5.74, 6) is 0. The van der Waals surface area contributed by atoms with E-state index >= 15 is 0 Å². The van der Waals surface area contributed by atoms with Crippen LogP contribution in [0.4, 0.5) is 0 Å². The fraction of sp³-hybridized carbons (Fsp3) is 0.867. The van der Waals surface area contributed by atoms with Crippen molar-refractivity contribution in [3.05, 3.63) is 12.7 Å². The second-order valence-electron chi connectivity index (χ2n) is 6.07. The summed E-state index contributed by atoms with van der Waals surface area (Å²) >= 11 is 0. The Morgan fingerprint density at radius 1 is 1.29 bits per heavy atom. The van der Waals surface area contributed by atoms with E-state index in [1.165, 1.54) is 12.8 Å². The van der Waals surface area contributed by atoms with Gasteiger partial charge in [0.2, 0.25) is 0 Å². The average Bonchev–Trinajstić information content (AvgIpc) is 2.30. The summed E-state index contributed by atoms with van der Waals surface area (Å²) in [4.78, 5) is 0. The minimum absolute atomic E-state index is 0.0136. The molecule has 1 saturated carbocycles. The summed E-state index contributed by atoms with van der Waals surface area (Å²) < 4.78 is 5.93. The maximum atomic E-state index is 5.93. The lowest BCUT2D eigenvalue weighted by Gasteiger charge is -2.47. The van der Waals surface area contributed by atoms with Crippen LogP contribution < -0.4 is 5.32 Å². The van der Waals surface area contributed by atoms with E-state index in [9.17, 15) is 0 Å². The van der Waals surface area contributed by atoms with Gasteiger partial charge in [-0.2, -0.15) is 0 Å². The van der Waals surface area contributed by atoms with Crippen LogP contribution in [0.2, 0.25) is 0 Å². The Morgan fingerprint density at radius 2 is 1.88 bits per heavy atom. The van der Waals surface area contributed by atoms with Gasteiger partial charge in [-0.3, -0.25) is 0 Å². The lowest BCUT2D eigenvalue weighted by molar-refractivity contribution is -0.0853. The van der Waals surface area contributed by atoms with Gasteiger partial charge in [-0.05, 0) is 44.1 Å². The molecule has 0 aromatic carbocycles. The van der Waals surface area contributed by atoms with Gasteiger partial charge in [-0.1, -0.05) is 26.8 Å². The third kappa shape index (κ3) is 3.56. The summed E-state index contributed by atoms with van der Waals surface area (Å²) in [5.41, 5.74) is 0.493. The Balaban J connectivity index is 2.76. The van der Waals surface area contributed by atoms with E-state index in [-0.39, 0.29) is 5.60 Å². The van der Waals surface area contributed by atoms with Crippen molar-refractivity contribution in [3.63, 3.8) is 0 Å². The molecule has 1 aliphatic carbocycles. The van der Waals surface area contributed by atoms with Crippen LogP contribution in [-0.2, 0) is 4.74 Å². The van der Waals surface area contributed by atoms with E-state index in [2.05, 4.69) is 32.7 Å². The molecule has 1 atom stereocenters. The highest BCUT2D eigenvalue weighted by Gasteiger charge is 2.43. The van der Waals surface area contributed by atoms with Crippen LogP contribution in [0.15, 0.2) is 12.7 Å². The van der Waals surface area contributed by atoms with Crippen molar-refractivity contribution in [1.29, 1.82) is 0 Å². The second-order valence-corrected chi connectivity index (χ2v) is 6.07. The third-order valence-corrected chi connectivity index (χ3v) is 4.34. The molecule has 2 nitrogen and oxygen atoms in total. The molecule has 17 heavy (non-hydrogen) atoms. The zero-order chi connectivity index (χ0) is 12.9. The van der Waals surface area contributed by atoms with Gasteiger partial charge in [0.1, 0.15) is 0 Å². The number of hydrogen-bond acceptors (Lipinski definition) is 2. The van der Waals surface area contributed by atoms with E-state index in [0.717, 1.165) is 25.8 Å². The standard InChI is InChI=1S/C15H29NO/c1-6-8-13(16-7-2)15(17-5)11-9-14(3,4)10-12-15/h6,13,16H,1,7-12H2,2-5H3. The molecule has 100 valence electrons. The predicted octanol–water partition coefficient (Wildman–Crippen LogP) is 3.53. The van der Waals surface area contributed by atoms with Gasteiger partial charge in [0.15, 0.2) is 0 Å². The van der Waals surface area contributed by atoms with Gasteiger partial charge in [0.05, 0.1) is 5.60 Å². The highest BCUT2D eigenvalue weighted by molar-refractivity contribution is 5.00. The summed E-state index contributed by atoms with van der Waals surface area (Å²) in [5, 5.41) is 3.58. The van der Waals surface area contributed by atoms with E-state index in [4.69, 9.17) is 4.74 Å². The molecule has 0 aromatic rings. The van der Waals surface area contributed by atoms with Crippen LogP contribution in [0.25, 0.3) is 0 Å². The van der Waals surface area contributed by atoms with Gasteiger partial charge in [0, 0.05) is 13.2 Å². The fourth-order valence-corrected chi connectivity index (χ4v) is 2.94. The van der Waals surface area contributed by atoms with Crippen LogP contribution in [-0.4, -0.2) is 25.3 Å². The average molecular weight is 239 g/mol. The quantitative estimate of drug-likeness (QED) is 0.716. The minimum atomic E-state index is 0.0136. The van der Waals surface area contributed by atoms with E-state index in [0.29, 0.717) is 11.5 Å². The largest absolute Gasteiger partial charge is 0.377 e. The van der Waals surface area contributed by atoms with Gasteiger partial charge in [0.25, 0.3) is 0 Å². The number of rotatable bonds is 6. The number of nitrogens with one attached hydrogen (secondary N) is 1.